The number of hydrogen-bond donors (Lipinski definition) is 2. The Morgan fingerprint density at radius 2 is 1.42 bits per heavy atom. The second kappa shape index (κ2) is 6.67. The molecule has 0 aliphatic carbocycles. The van der Waals surface area contributed by atoms with Crippen molar-refractivity contribution in [2.75, 3.05) is 10.0 Å². The number of benzene rings is 2. The van der Waals surface area contributed by atoms with Gasteiger partial charge in [-0.1, -0.05) is 36.4 Å². The first kappa shape index (κ1) is 15.9. The molecule has 0 bridgehead atoms. The summed E-state index contributed by atoms with van der Waals surface area (Å²) >= 11 is 0. The predicted octanol–water partition coefficient (Wildman–Crippen LogP) is 3.33. The fourth-order valence-corrected chi connectivity index (χ4v) is 3.42. The van der Waals surface area contributed by atoms with Gasteiger partial charge in [-0.15, -0.1) is 10.2 Å². The van der Waals surface area contributed by atoms with Crippen LogP contribution in [0.4, 0.5) is 17.3 Å². The van der Waals surface area contributed by atoms with Crippen molar-refractivity contribution >= 4 is 27.3 Å². The Morgan fingerprint density at radius 3 is 2.08 bits per heavy atom. The lowest BCUT2D eigenvalue weighted by Crippen LogP contribution is -2.15. The molecule has 1 aromatic heterocycles. The van der Waals surface area contributed by atoms with E-state index in [2.05, 4.69) is 20.2 Å². The maximum absolute atomic E-state index is 12.4. The van der Waals surface area contributed by atoms with Gasteiger partial charge in [0.25, 0.3) is 10.0 Å². The summed E-state index contributed by atoms with van der Waals surface area (Å²) < 4.78 is 27.2. The largest absolute Gasteiger partial charge is 0.339 e. The van der Waals surface area contributed by atoms with E-state index in [9.17, 15) is 8.42 Å². The average Bonchev–Trinajstić information content (AvgIpc) is 2.58. The van der Waals surface area contributed by atoms with Crippen molar-refractivity contribution in [1.82, 2.24) is 10.2 Å². The summed E-state index contributed by atoms with van der Waals surface area (Å²) in [5.74, 6) is 0.692. The van der Waals surface area contributed by atoms with Gasteiger partial charge in [0.15, 0.2) is 11.6 Å². The van der Waals surface area contributed by atoms with Crippen molar-refractivity contribution in [3.63, 3.8) is 0 Å². The highest BCUT2D eigenvalue weighted by Gasteiger charge is 2.17. The molecular formula is C17H16N4O2S. The molecular weight excluding hydrogens is 324 g/mol. The van der Waals surface area contributed by atoms with Gasteiger partial charge in [-0.2, -0.15) is 0 Å². The maximum Gasteiger partial charge on any atom is 0.263 e. The number of para-hydroxylation sites is 1. The number of aromatic nitrogens is 2. The number of aryl methyl sites for hydroxylation is 1. The molecule has 3 aromatic rings. The molecule has 0 spiro atoms. The lowest BCUT2D eigenvalue weighted by Gasteiger charge is -2.10. The molecule has 24 heavy (non-hydrogen) atoms. The van der Waals surface area contributed by atoms with Crippen molar-refractivity contribution in [3.8, 4) is 0 Å². The SMILES string of the molecule is Cc1ccccc1S(=O)(=O)Nc1ccc(Nc2ccccc2)nn1. The number of sulfonamides is 1. The first-order chi connectivity index (χ1) is 11.5. The molecule has 0 radical (unpaired) electrons. The number of nitrogens with one attached hydrogen (secondary N) is 2. The predicted molar refractivity (Wildman–Crippen MR) is 93.7 cm³/mol. The zero-order valence-electron chi connectivity index (χ0n) is 13.0. The van der Waals surface area contributed by atoms with Crippen LogP contribution in [0.1, 0.15) is 5.56 Å². The summed E-state index contributed by atoms with van der Waals surface area (Å²) in [6.45, 7) is 1.74. The third-order valence-electron chi connectivity index (χ3n) is 3.33. The Bertz CT molecular complexity index is 926. The summed E-state index contributed by atoms with van der Waals surface area (Å²) in [6.07, 6.45) is 0. The van der Waals surface area contributed by atoms with Crippen LogP contribution in [0.15, 0.2) is 71.6 Å². The molecule has 0 saturated heterocycles. The van der Waals surface area contributed by atoms with Crippen LogP contribution in [0.5, 0.6) is 0 Å². The quantitative estimate of drug-likeness (QED) is 0.744. The maximum atomic E-state index is 12.4. The summed E-state index contributed by atoms with van der Waals surface area (Å²) in [4.78, 5) is 0.221. The molecule has 0 saturated carbocycles. The van der Waals surface area contributed by atoms with Gasteiger partial charge in [-0.05, 0) is 42.8 Å². The van der Waals surface area contributed by atoms with Crippen LogP contribution in [0.3, 0.4) is 0 Å². The Hall–Kier alpha value is -2.93. The number of hydrogen-bond acceptors (Lipinski definition) is 5. The standard InChI is InChI=1S/C17H16N4O2S/c1-13-7-5-6-10-15(13)24(22,23)21-17-12-11-16(19-20-17)18-14-8-3-2-4-9-14/h2-12H,1H3,(H,18,19)(H,20,21). The van der Waals surface area contributed by atoms with Crippen LogP contribution in [0.2, 0.25) is 0 Å². The van der Waals surface area contributed by atoms with Gasteiger partial charge in [0, 0.05) is 5.69 Å². The Balaban J connectivity index is 1.76. The van der Waals surface area contributed by atoms with Gasteiger partial charge < -0.3 is 5.32 Å². The summed E-state index contributed by atoms with van der Waals surface area (Å²) in [7, 11) is -3.69. The van der Waals surface area contributed by atoms with Gasteiger partial charge in [0.1, 0.15) is 0 Å². The fourth-order valence-electron chi connectivity index (χ4n) is 2.17. The van der Waals surface area contributed by atoms with E-state index < -0.39 is 10.0 Å². The van der Waals surface area contributed by atoms with E-state index in [1.165, 1.54) is 0 Å². The lowest BCUT2D eigenvalue weighted by atomic mass is 10.2. The molecule has 0 amide bonds. The summed E-state index contributed by atoms with van der Waals surface area (Å²) in [5, 5.41) is 11.0. The topological polar surface area (TPSA) is 84.0 Å². The van der Waals surface area contributed by atoms with Gasteiger partial charge >= 0.3 is 0 Å². The molecule has 2 N–H and O–H groups in total. The van der Waals surface area contributed by atoms with Crippen molar-refractivity contribution in [2.45, 2.75) is 11.8 Å². The van der Waals surface area contributed by atoms with E-state index >= 15 is 0 Å². The van der Waals surface area contributed by atoms with Crippen molar-refractivity contribution in [1.29, 1.82) is 0 Å². The fraction of sp³-hybridized carbons (Fsp3) is 0.0588. The van der Waals surface area contributed by atoms with Crippen LogP contribution < -0.4 is 10.0 Å². The molecule has 0 aliphatic heterocycles. The molecule has 2 aromatic carbocycles. The molecule has 0 unspecified atom stereocenters. The zero-order valence-corrected chi connectivity index (χ0v) is 13.8. The van der Waals surface area contributed by atoms with E-state index in [4.69, 9.17) is 0 Å². The van der Waals surface area contributed by atoms with Gasteiger partial charge in [0.05, 0.1) is 4.90 Å². The molecule has 0 atom stereocenters. The van der Waals surface area contributed by atoms with Crippen LogP contribution in [0.25, 0.3) is 0 Å². The van der Waals surface area contributed by atoms with Crippen LogP contribution in [0, 0.1) is 6.92 Å². The van der Waals surface area contributed by atoms with Gasteiger partial charge in [-0.3, -0.25) is 4.72 Å². The van der Waals surface area contributed by atoms with Crippen molar-refractivity contribution in [3.05, 3.63) is 72.3 Å². The highest BCUT2D eigenvalue weighted by Crippen LogP contribution is 2.19. The molecule has 0 fully saturated rings. The third-order valence-corrected chi connectivity index (χ3v) is 4.85. The molecule has 0 aliphatic rings. The Morgan fingerprint density at radius 1 is 0.792 bits per heavy atom. The Labute approximate surface area is 140 Å². The van der Waals surface area contributed by atoms with Crippen molar-refractivity contribution < 1.29 is 8.42 Å². The van der Waals surface area contributed by atoms with E-state index in [-0.39, 0.29) is 10.7 Å². The van der Waals surface area contributed by atoms with E-state index in [0.717, 1.165) is 5.69 Å². The second-order valence-electron chi connectivity index (χ2n) is 5.17. The van der Waals surface area contributed by atoms with E-state index in [1.54, 1.807) is 43.3 Å². The normalized spacial score (nSPS) is 11.0. The number of rotatable bonds is 5. The van der Waals surface area contributed by atoms with E-state index in [0.29, 0.717) is 11.4 Å². The highest BCUT2D eigenvalue weighted by molar-refractivity contribution is 7.92. The average molecular weight is 340 g/mol. The zero-order chi connectivity index (χ0) is 17.0. The monoisotopic (exact) mass is 340 g/mol. The first-order valence-electron chi connectivity index (χ1n) is 7.29. The Kier molecular flexibility index (Phi) is 4.43. The van der Waals surface area contributed by atoms with Gasteiger partial charge in [-0.25, -0.2) is 8.42 Å². The third kappa shape index (κ3) is 3.69. The first-order valence-corrected chi connectivity index (χ1v) is 8.77. The second-order valence-corrected chi connectivity index (χ2v) is 6.82. The minimum Gasteiger partial charge on any atom is -0.339 e. The van der Waals surface area contributed by atoms with E-state index in [1.807, 2.05) is 30.3 Å². The summed E-state index contributed by atoms with van der Waals surface area (Å²) in [5.41, 5.74) is 1.54. The smallest absolute Gasteiger partial charge is 0.263 e. The number of anilines is 3. The molecule has 6 nitrogen and oxygen atoms in total. The van der Waals surface area contributed by atoms with Crippen molar-refractivity contribution in [2.24, 2.45) is 0 Å². The van der Waals surface area contributed by atoms with Gasteiger partial charge in [0.2, 0.25) is 0 Å². The summed E-state index contributed by atoms with van der Waals surface area (Å²) in [6, 6.07) is 19.5. The van der Waals surface area contributed by atoms with Crippen LogP contribution >= 0.6 is 0 Å². The number of nitrogens with zero attached hydrogens (tertiary/aromatic N) is 2. The molecule has 3 rings (SSSR count). The van der Waals surface area contributed by atoms with Crippen LogP contribution in [-0.4, -0.2) is 18.6 Å². The molecule has 1 heterocycles. The lowest BCUT2D eigenvalue weighted by molar-refractivity contribution is 0.600. The van der Waals surface area contributed by atoms with Crippen LogP contribution in [-0.2, 0) is 10.0 Å². The molecule has 7 heteroatoms. The highest BCUT2D eigenvalue weighted by atomic mass is 32.2. The molecule has 122 valence electrons. The minimum atomic E-state index is -3.69. The minimum absolute atomic E-state index is 0.164.